The number of alkyl carbamates (subject to hydrolysis) is 2. The molecule has 0 aliphatic carbocycles. The molecular formula is C16H28N2O6S2. The minimum Gasteiger partial charge on any atom is -0.444 e. The van der Waals surface area contributed by atoms with Crippen molar-refractivity contribution in [2.75, 3.05) is 11.5 Å². The van der Waals surface area contributed by atoms with Gasteiger partial charge >= 0.3 is 12.2 Å². The zero-order chi connectivity index (χ0) is 20.4. The Labute approximate surface area is 162 Å². The van der Waals surface area contributed by atoms with Crippen LogP contribution in [-0.4, -0.2) is 46.7 Å². The molecule has 0 aromatic heterocycles. The highest BCUT2D eigenvalue weighted by Crippen LogP contribution is 2.22. The van der Waals surface area contributed by atoms with Crippen molar-refractivity contribution in [3.05, 3.63) is 0 Å². The van der Waals surface area contributed by atoms with Crippen molar-refractivity contribution in [3.8, 4) is 0 Å². The summed E-state index contributed by atoms with van der Waals surface area (Å²) in [5.41, 5.74) is -1.32. The standard InChI is InChI=1S/C16H28N2O6S2/c1-15(2,3)23-13(21)17-11(19)7-9-25-26-10-8-12(20)18-14(22)24-16(4,5)6/h7-10H2,1-6H3,(H,17,19,21)(H,18,20,22). The normalized spacial score (nSPS) is 11.5. The lowest BCUT2D eigenvalue weighted by Gasteiger charge is -2.19. The van der Waals surface area contributed by atoms with Crippen molar-refractivity contribution in [3.63, 3.8) is 0 Å². The van der Waals surface area contributed by atoms with E-state index in [0.717, 1.165) is 0 Å². The van der Waals surface area contributed by atoms with Crippen molar-refractivity contribution < 1.29 is 28.7 Å². The lowest BCUT2D eigenvalue weighted by molar-refractivity contribution is -0.121. The first kappa shape index (κ1) is 24.6. The van der Waals surface area contributed by atoms with Gasteiger partial charge in [0.25, 0.3) is 0 Å². The predicted molar refractivity (Wildman–Crippen MR) is 103 cm³/mol. The largest absolute Gasteiger partial charge is 0.444 e. The van der Waals surface area contributed by atoms with E-state index in [1.54, 1.807) is 41.5 Å². The zero-order valence-electron chi connectivity index (χ0n) is 16.1. The highest BCUT2D eigenvalue weighted by molar-refractivity contribution is 8.76. The Morgan fingerprint density at radius 1 is 0.692 bits per heavy atom. The van der Waals surface area contributed by atoms with E-state index in [1.807, 2.05) is 0 Å². The third-order valence-corrected chi connectivity index (χ3v) is 4.60. The molecule has 8 nitrogen and oxygen atoms in total. The molecule has 0 spiro atoms. The molecule has 0 saturated heterocycles. The average molecular weight is 409 g/mol. The fourth-order valence-electron chi connectivity index (χ4n) is 1.35. The molecule has 26 heavy (non-hydrogen) atoms. The average Bonchev–Trinajstić information content (AvgIpc) is 2.37. The van der Waals surface area contributed by atoms with E-state index in [1.165, 1.54) is 21.6 Å². The van der Waals surface area contributed by atoms with Gasteiger partial charge in [0, 0.05) is 24.3 Å². The van der Waals surface area contributed by atoms with Crippen LogP contribution >= 0.6 is 21.6 Å². The summed E-state index contributed by atoms with van der Waals surface area (Å²) < 4.78 is 9.95. The van der Waals surface area contributed by atoms with Crippen LogP contribution < -0.4 is 10.6 Å². The molecule has 0 saturated carbocycles. The zero-order valence-corrected chi connectivity index (χ0v) is 17.7. The minimum atomic E-state index is -0.765. The number of amides is 4. The summed E-state index contributed by atoms with van der Waals surface area (Å²) in [5.74, 6) is 0.116. The van der Waals surface area contributed by atoms with Gasteiger partial charge in [0.05, 0.1) is 0 Å². The molecular weight excluding hydrogens is 380 g/mol. The molecule has 0 aliphatic heterocycles. The highest BCUT2D eigenvalue weighted by atomic mass is 33.1. The maximum Gasteiger partial charge on any atom is 0.414 e. The van der Waals surface area contributed by atoms with Gasteiger partial charge in [-0.2, -0.15) is 0 Å². The van der Waals surface area contributed by atoms with E-state index < -0.39 is 35.2 Å². The van der Waals surface area contributed by atoms with Crippen molar-refractivity contribution >= 4 is 45.6 Å². The van der Waals surface area contributed by atoms with Gasteiger partial charge in [-0.3, -0.25) is 20.2 Å². The summed E-state index contributed by atoms with van der Waals surface area (Å²) in [5, 5.41) is 4.30. The molecule has 0 unspecified atom stereocenters. The van der Waals surface area contributed by atoms with Gasteiger partial charge in [0.1, 0.15) is 11.2 Å². The molecule has 0 bridgehead atoms. The van der Waals surface area contributed by atoms with Crippen LogP contribution in [0.25, 0.3) is 0 Å². The molecule has 0 radical (unpaired) electrons. The van der Waals surface area contributed by atoms with Crippen LogP contribution in [0.15, 0.2) is 0 Å². The summed E-state index contributed by atoms with van der Waals surface area (Å²) in [6, 6.07) is 0. The number of rotatable bonds is 7. The van der Waals surface area contributed by atoms with Gasteiger partial charge in [0.15, 0.2) is 0 Å². The second-order valence-corrected chi connectivity index (χ2v) is 9.95. The van der Waals surface area contributed by atoms with Gasteiger partial charge in [-0.1, -0.05) is 21.6 Å². The van der Waals surface area contributed by atoms with Crippen LogP contribution in [0.3, 0.4) is 0 Å². The van der Waals surface area contributed by atoms with Crippen LogP contribution in [0.5, 0.6) is 0 Å². The van der Waals surface area contributed by atoms with Crippen LogP contribution in [0.1, 0.15) is 54.4 Å². The number of ether oxygens (including phenoxy) is 2. The first-order valence-electron chi connectivity index (χ1n) is 8.08. The van der Waals surface area contributed by atoms with Gasteiger partial charge in [-0.05, 0) is 41.5 Å². The molecule has 0 aromatic carbocycles. The molecule has 0 rings (SSSR count). The van der Waals surface area contributed by atoms with Crippen molar-refractivity contribution in [1.29, 1.82) is 0 Å². The summed E-state index contributed by atoms with van der Waals surface area (Å²) in [6.45, 7) is 10.3. The Balaban J connectivity index is 3.75. The van der Waals surface area contributed by atoms with E-state index in [9.17, 15) is 19.2 Å². The quantitative estimate of drug-likeness (QED) is 0.488. The maximum absolute atomic E-state index is 11.6. The van der Waals surface area contributed by atoms with Crippen LogP contribution in [0.4, 0.5) is 9.59 Å². The molecule has 0 aromatic rings. The van der Waals surface area contributed by atoms with Crippen LogP contribution in [-0.2, 0) is 19.1 Å². The minimum absolute atomic E-state index is 0.154. The van der Waals surface area contributed by atoms with Gasteiger partial charge < -0.3 is 9.47 Å². The number of carbonyl (C=O) groups is 4. The van der Waals surface area contributed by atoms with E-state index in [0.29, 0.717) is 11.5 Å². The molecule has 2 N–H and O–H groups in total. The second-order valence-electron chi connectivity index (χ2n) is 7.24. The fourth-order valence-corrected chi connectivity index (χ4v) is 3.33. The third-order valence-electron chi connectivity index (χ3n) is 2.19. The van der Waals surface area contributed by atoms with Crippen LogP contribution in [0.2, 0.25) is 0 Å². The number of imide groups is 2. The highest BCUT2D eigenvalue weighted by Gasteiger charge is 2.19. The monoisotopic (exact) mass is 408 g/mol. The fraction of sp³-hybridized carbons (Fsp3) is 0.750. The molecule has 0 fully saturated rings. The van der Waals surface area contributed by atoms with Gasteiger partial charge in [0.2, 0.25) is 11.8 Å². The lowest BCUT2D eigenvalue weighted by atomic mass is 10.2. The summed E-state index contributed by atoms with van der Waals surface area (Å²) >= 11 is 0. The van der Waals surface area contributed by atoms with E-state index >= 15 is 0 Å². The Bertz CT molecular complexity index is 466. The predicted octanol–water partition coefficient (Wildman–Crippen LogP) is 3.25. The summed E-state index contributed by atoms with van der Waals surface area (Å²) in [7, 11) is 2.80. The van der Waals surface area contributed by atoms with Gasteiger partial charge in [-0.25, -0.2) is 9.59 Å². The first-order valence-corrected chi connectivity index (χ1v) is 10.6. The number of hydrogen-bond donors (Lipinski definition) is 2. The van der Waals surface area contributed by atoms with Crippen LogP contribution in [0, 0.1) is 0 Å². The van der Waals surface area contributed by atoms with E-state index in [2.05, 4.69) is 10.6 Å². The first-order chi connectivity index (χ1) is 11.8. The summed E-state index contributed by atoms with van der Waals surface area (Å²) in [4.78, 5) is 45.9. The SMILES string of the molecule is CC(C)(C)OC(=O)NC(=O)CCSSCCC(=O)NC(=O)OC(C)(C)C. The Kier molecular flexibility index (Phi) is 10.7. The number of carbonyl (C=O) groups excluding carboxylic acids is 4. The van der Waals surface area contributed by atoms with Crippen molar-refractivity contribution in [2.24, 2.45) is 0 Å². The summed E-state index contributed by atoms with van der Waals surface area (Å²) in [6.07, 6.45) is -1.22. The van der Waals surface area contributed by atoms with Gasteiger partial charge in [-0.15, -0.1) is 0 Å². The molecule has 0 heterocycles. The Morgan fingerprint density at radius 3 is 1.27 bits per heavy atom. The lowest BCUT2D eigenvalue weighted by Crippen LogP contribution is -2.36. The molecule has 10 heteroatoms. The maximum atomic E-state index is 11.6. The number of hydrogen-bond acceptors (Lipinski definition) is 8. The molecule has 0 atom stereocenters. The third kappa shape index (κ3) is 16.1. The Morgan fingerprint density at radius 2 is 1.00 bits per heavy atom. The molecule has 4 amide bonds. The van der Waals surface area contributed by atoms with E-state index in [-0.39, 0.29) is 12.8 Å². The molecule has 0 aliphatic rings. The van der Waals surface area contributed by atoms with E-state index in [4.69, 9.17) is 9.47 Å². The number of nitrogens with one attached hydrogen (secondary N) is 2. The Hall–Kier alpha value is -1.42. The van der Waals surface area contributed by atoms with Crippen molar-refractivity contribution in [1.82, 2.24) is 10.6 Å². The smallest absolute Gasteiger partial charge is 0.414 e. The second kappa shape index (κ2) is 11.3. The topological polar surface area (TPSA) is 111 Å². The molecule has 150 valence electrons. The van der Waals surface area contributed by atoms with Crippen molar-refractivity contribution in [2.45, 2.75) is 65.6 Å².